The molecule has 0 aliphatic carbocycles. The average Bonchev–Trinajstić information content (AvgIpc) is 3.40. The van der Waals surface area contributed by atoms with Crippen molar-refractivity contribution in [2.45, 2.75) is 31.1 Å². The third-order valence-electron chi connectivity index (χ3n) is 7.87. The maximum absolute atomic E-state index is 12.0. The van der Waals surface area contributed by atoms with Gasteiger partial charge in [-0.05, 0) is 23.3 Å². The van der Waals surface area contributed by atoms with Crippen LogP contribution in [0, 0.1) is 5.92 Å². The maximum Gasteiger partial charge on any atom is 0.282 e. The number of fused-ring (bicyclic) bond motifs is 3. The van der Waals surface area contributed by atoms with E-state index in [2.05, 4.69) is 5.16 Å². The van der Waals surface area contributed by atoms with Gasteiger partial charge in [0.1, 0.15) is 12.3 Å². The van der Waals surface area contributed by atoms with Crippen LogP contribution in [0.4, 0.5) is 0 Å². The second-order valence-corrected chi connectivity index (χ2v) is 11.0. The molecule has 190 valence electrons. The molecule has 7 rings (SSSR count). The highest BCUT2D eigenvalue weighted by molar-refractivity contribution is 6.42. The molecule has 1 N–H and O–H groups in total. The first-order valence-electron chi connectivity index (χ1n) is 12.6. The van der Waals surface area contributed by atoms with Crippen molar-refractivity contribution in [3.8, 4) is 5.75 Å². The molecule has 8 heteroatoms. The van der Waals surface area contributed by atoms with Crippen LogP contribution in [0.5, 0.6) is 5.75 Å². The minimum atomic E-state index is -1.52. The third kappa shape index (κ3) is 4.64. The van der Waals surface area contributed by atoms with Gasteiger partial charge in [0.25, 0.3) is 5.89 Å². The molecule has 0 spiro atoms. The number of halogens is 2. The monoisotopic (exact) mass is 536 g/mol. The zero-order valence-corrected chi connectivity index (χ0v) is 21.8. The summed E-state index contributed by atoms with van der Waals surface area (Å²) in [5, 5.41) is 17.3. The number of piperidine rings is 3. The van der Waals surface area contributed by atoms with Crippen molar-refractivity contribution in [3.63, 3.8) is 0 Å². The van der Waals surface area contributed by atoms with Crippen molar-refractivity contribution in [1.29, 1.82) is 0 Å². The van der Waals surface area contributed by atoms with Crippen LogP contribution in [0.3, 0.4) is 0 Å². The lowest BCUT2D eigenvalue weighted by Crippen LogP contribution is -2.64. The number of hydrogen-bond donors (Lipinski definition) is 1. The van der Waals surface area contributed by atoms with E-state index >= 15 is 0 Å². The smallest absolute Gasteiger partial charge is 0.282 e. The Morgan fingerprint density at radius 2 is 1.57 bits per heavy atom. The summed E-state index contributed by atoms with van der Waals surface area (Å²) in [5.74, 6) is 2.01. The average molecular weight is 537 g/mol. The van der Waals surface area contributed by atoms with E-state index in [-0.39, 0.29) is 11.9 Å². The number of benzene rings is 3. The molecule has 3 aromatic carbocycles. The van der Waals surface area contributed by atoms with Crippen LogP contribution < -0.4 is 4.74 Å². The molecule has 37 heavy (non-hydrogen) atoms. The Morgan fingerprint density at radius 1 is 0.919 bits per heavy atom. The molecule has 2 bridgehead atoms. The van der Waals surface area contributed by atoms with E-state index in [4.69, 9.17) is 37.4 Å². The summed E-state index contributed by atoms with van der Waals surface area (Å²) < 4.78 is 13.0. The highest BCUT2D eigenvalue weighted by atomic mass is 35.5. The maximum atomic E-state index is 12.0. The molecule has 1 aromatic heterocycles. The Bertz CT molecular complexity index is 1330. The Hall–Kier alpha value is -2.90. The largest absolute Gasteiger partial charge is 0.484 e. The Balaban J connectivity index is 1.25. The van der Waals surface area contributed by atoms with E-state index in [0.717, 1.165) is 42.7 Å². The van der Waals surface area contributed by atoms with Crippen molar-refractivity contribution in [2.24, 2.45) is 5.92 Å². The SMILES string of the molecule is OC(c1ccccc1)(c1ccccc1)c1noc(C[N+]23CCC(CC2)C(Oc2ccc(Cl)c(Cl)c2)C3)n1. The normalized spacial score (nSPS) is 23.2. The van der Waals surface area contributed by atoms with Gasteiger partial charge in [0.2, 0.25) is 5.82 Å². The number of nitrogens with zero attached hydrogens (tertiary/aromatic N) is 3. The molecule has 3 aliphatic rings. The predicted octanol–water partition coefficient (Wildman–Crippen LogP) is 5.85. The number of ether oxygens (including phenoxy) is 1. The predicted molar refractivity (Wildman–Crippen MR) is 141 cm³/mol. The van der Waals surface area contributed by atoms with Gasteiger partial charge in [-0.2, -0.15) is 4.98 Å². The van der Waals surface area contributed by atoms with Gasteiger partial charge >= 0.3 is 0 Å². The molecule has 0 radical (unpaired) electrons. The summed E-state index contributed by atoms with van der Waals surface area (Å²) in [5.41, 5.74) is -0.137. The summed E-state index contributed by atoms with van der Waals surface area (Å²) in [6, 6.07) is 24.4. The zero-order valence-electron chi connectivity index (χ0n) is 20.3. The molecule has 3 aliphatic heterocycles. The van der Waals surface area contributed by atoms with Crippen molar-refractivity contribution >= 4 is 23.2 Å². The molecule has 6 nitrogen and oxygen atoms in total. The summed E-state index contributed by atoms with van der Waals surface area (Å²) in [6.45, 7) is 3.52. The Kier molecular flexibility index (Phi) is 6.45. The second kappa shape index (κ2) is 9.76. The molecular formula is C29H28Cl2N3O3+. The van der Waals surface area contributed by atoms with Crippen LogP contribution in [0.1, 0.15) is 35.7 Å². The molecule has 4 aromatic rings. The van der Waals surface area contributed by atoms with Crippen LogP contribution in [0.2, 0.25) is 10.0 Å². The number of rotatable bonds is 7. The first-order valence-corrected chi connectivity index (χ1v) is 13.3. The highest BCUT2D eigenvalue weighted by Crippen LogP contribution is 2.39. The minimum absolute atomic E-state index is 0.0766. The third-order valence-corrected chi connectivity index (χ3v) is 8.60. The molecule has 3 saturated heterocycles. The van der Waals surface area contributed by atoms with Crippen molar-refractivity contribution in [3.05, 3.63) is 112 Å². The summed E-state index contributed by atoms with van der Waals surface area (Å²) in [4.78, 5) is 4.75. The minimum Gasteiger partial charge on any atom is -0.484 e. The van der Waals surface area contributed by atoms with Gasteiger partial charge in [0, 0.05) is 24.8 Å². The molecule has 1 atom stereocenters. The lowest BCUT2D eigenvalue weighted by molar-refractivity contribution is -0.959. The highest BCUT2D eigenvalue weighted by Gasteiger charge is 2.48. The zero-order chi connectivity index (χ0) is 25.5. The standard InChI is InChI=1S/C29H28Cl2N3O3/c30-24-12-11-23(17-25(24)31)36-26-18-34(15-13-20(26)14-16-34)19-27-32-28(33-37-27)29(35,21-7-3-1-4-8-21)22-9-5-2-6-10-22/h1-12,17,20,26,35H,13-16,18-19H2/q+1. The van der Waals surface area contributed by atoms with E-state index in [1.807, 2.05) is 66.7 Å². The van der Waals surface area contributed by atoms with Crippen LogP contribution >= 0.6 is 23.2 Å². The fourth-order valence-electron chi connectivity index (χ4n) is 5.84. The van der Waals surface area contributed by atoms with Crippen LogP contribution in [0.25, 0.3) is 0 Å². The lowest BCUT2D eigenvalue weighted by Gasteiger charge is -2.51. The van der Waals surface area contributed by atoms with Crippen molar-refractivity contribution in [1.82, 2.24) is 10.1 Å². The molecule has 4 heterocycles. The van der Waals surface area contributed by atoms with E-state index in [1.165, 1.54) is 0 Å². The summed E-state index contributed by atoms with van der Waals surface area (Å²) in [7, 11) is 0. The Morgan fingerprint density at radius 3 is 2.19 bits per heavy atom. The van der Waals surface area contributed by atoms with Gasteiger partial charge in [-0.1, -0.05) is 89.0 Å². The van der Waals surface area contributed by atoms with Crippen LogP contribution in [-0.4, -0.2) is 45.5 Å². The molecule has 0 saturated carbocycles. The van der Waals surface area contributed by atoms with E-state index < -0.39 is 5.60 Å². The lowest BCUT2D eigenvalue weighted by atomic mass is 9.83. The van der Waals surface area contributed by atoms with Gasteiger partial charge in [-0.15, -0.1) is 0 Å². The van der Waals surface area contributed by atoms with Crippen molar-refractivity contribution < 1.29 is 18.8 Å². The van der Waals surface area contributed by atoms with Gasteiger partial charge in [0.05, 0.1) is 23.1 Å². The second-order valence-electron chi connectivity index (χ2n) is 10.2. The first-order chi connectivity index (χ1) is 18.0. The van der Waals surface area contributed by atoms with Gasteiger partial charge < -0.3 is 18.8 Å². The van der Waals surface area contributed by atoms with Gasteiger partial charge in [0.15, 0.2) is 18.2 Å². The van der Waals surface area contributed by atoms with E-state index in [0.29, 0.717) is 39.5 Å². The molecule has 3 fully saturated rings. The van der Waals surface area contributed by atoms with Crippen LogP contribution in [0.15, 0.2) is 83.4 Å². The fraction of sp³-hybridized carbons (Fsp3) is 0.310. The van der Waals surface area contributed by atoms with Crippen molar-refractivity contribution in [2.75, 3.05) is 19.6 Å². The van der Waals surface area contributed by atoms with Crippen LogP contribution in [-0.2, 0) is 12.1 Å². The molecule has 0 amide bonds. The fourth-order valence-corrected chi connectivity index (χ4v) is 6.13. The molecular weight excluding hydrogens is 509 g/mol. The van der Waals surface area contributed by atoms with Gasteiger partial charge in [-0.3, -0.25) is 0 Å². The number of quaternary nitrogens is 1. The van der Waals surface area contributed by atoms with E-state index in [1.54, 1.807) is 12.1 Å². The molecule has 1 unspecified atom stereocenters. The Labute approximate surface area is 226 Å². The number of aliphatic hydroxyl groups is 1. The number of aromatic nitrogens is 2. The quantitative estimate of drug-likeness (QED) is 0.300. The van der Waals surface area contributed by atoms with Gasteiger partial charge in [-0.25, -0.2) is 0 Å². The van der Waals surface area contributed by atoms with E-state index in [9.17, 15) is 5.11 Å². The first kappa shape index (κ1) is 24.4. The summed E-state index contributed by atoms with van der Waals surface area (Å²) in [6.07, 6.45) is 2.23. The topological polar surface area (TPSA) is 68.4 Å². The number of hydrogen-bond acceptors (Lipinski definition) is 5. The summed E-state index contributed by atoms with van der Waals surface area (Å²) >= 11 is 12.3.